The van der Waals surface area contributed by atoms with E-state index in [0.29, 0.717) is 41.9 Å². The topological polar surface area (TPSA) is 61.7 Å². The Kier molecular flexibility index (Phi) is 4.58. The summed E-state index contributed by atoms with van der Waals surface area (Å²) < 4.78 is 18.3. The first-order chi connectivity index (χ1) is 13.1. The van der Waals surface area contributed by atoms with Gasteiger partial charge in [0.25, 0.3) is 5.91 Å². The summed E-state index contributed by atoms with van der Waals surface area (Å²) in [5.41, 5.74) is 2.25. The van der Waals surface area contributed by atoms with Crippen LogP contribution in [0.4, 0.5) is 0 Å². The summed E-state index contributed by atoms with van der Waals surface area (Å²) >= 11 is 6.31. The van der Waals surface area contributed by atoms with Gasteiger partial charge >= 0.3 is 0 Å². The van der Waals surface area contributed by atoms with E-state index in [9.17, 15) is 4.79 Å². The number of aromatic nitrogens is 1. The molecular weight excluding hydrogens is 368 g/mol. The molecule has 140 valence electrons. The molecule has 1 aliphatic rings. The van der Waals surface area contributed by atoms with E-state index >= 15 is 0 Å². The third-order valence-electron chi connectivity index (χ3n) is 4.70. The number of carbonyl (C=O) groups is 1. The summed E-state index contributed by atoms with van der Waals surface area (Å²) in [6.07, 6.45) is 0. The number of rotatable bonds is 5. The summed E-state index contributed by atoms with van der Waals surface area (Å²) in [5.74, 6) is 1.96. The molecule has 0 spiro atoms. The van der Waals surface area contributed by atoms with E-state index in [-0.39, 0.29) is 5.91 Å². The molecule has 0 atom stereocenters. The van der Waals surface area contributed by atoms with Crippen LogP contribution in [0.2, 0.25) is 5.02 Å². The van der Waals surface area contributed by atoms with Crippen LogP contribution in [0, 0.1) is 0 Å². The SMILES string of the molecule is COc1ccc(OC)c(CNC(=O)c2cc3c(Cl)ccc4c3n2CCO4)c1. The Morgan fingerprint density at radius 3 is 2.85 bits per heavy atom. The van der Waals surface area contributed by atoms with Gasteiger partial charge in [-0.1, -0.05) is 11.6 Å². The molecule has 0 fully saturated rings. The van der Waals surface area contributed by atoms with Gasteiger partial charge in [0.1, 0.15) is 29.5 Å². The predicted molar refractivity (Wildman–Crippen MR) is 103 cm³/mol. The molecule has 0 aliphatic carbocycles. The average molecular weight is 387 g/mol. The zero-order valence-corrected chi connectivity index (χ0v) is 15.8. The van der Waals surface area contributed by atoms with Gasteiger partial charge in [0.15, 0.2) is 0 Å². The highest BCUT2D eigenvalue weighted by molar-refractivity contribution is 6.36. The van der Waals surface area contributed by atoms with Crippen molar-refractivity contribution in [2.24, 2.45) is 0 Å². The first-order valence-electron chi connectivity index (χ1n) is 8.56. The van der Waals surface area contributed by atoms with Crippen molar-refractivity contribution in [3.63, 3.8) is 0 Å². The summed E-state index contributed by atoms with van der Waals surface area (Å²) in [5, 5.41) is 4.38. The van der Waals surface area contributed by atoms with E-state index in [1.807, 2.05) is 34.9 Å². The van der Waals surface area contributed by atoms with Gasteiger partial charge in [-0.15, -0.1) is 0 Å². The van der Waals surface area contributed by atoms with E-state index in [1.165, 1.54) is 0 Å². The molecule has 0 unspecified atom stereocenters. The summed E-state index contributed by atoms with van der Waals surface area (Å²) in [7, 11) is 3.20. The van der Waals surface area contributed by atoms with Crippen LogP contribution in [0.25, 0.3) is 10.9 Å². The lowest BCUT2D eigenvalue weighted by Gasteiger charge is -2.19. The molecule has 0 saturated heterocycles. The molecular formula is C20H19ClN2O4. The fourth-order valence-electron chi connectivity index (χ4n) is 3.38. The Balaban J connectivity index is 1.63. The van der Waals surface area contributed by atoms with E-state index < -0.39 is 0 Å². The van der Waals surface area contributed by atoms with Gasteiger partial charge in [0, 0.05) is 17.5 Å². The summed E-state index contributed by atoms with van der Waals surface area (Å²) in [6, 6.07) is 10.9. The molecule has 1 aromatic heterocycles. The lowest BCUT2D eigenvalue weighted by molar-refractivity contribution is 0.0940. The highest BCUT2D eigenvalue weighted by Gasteiger charge is 2.23. The first kappa shape index (κ1) is 17.5. The Hall–Kier alpha value is -2.86. The lowest BCUT2D eigenvalue weighted by Crippen LogP contribution is -2.27. The maximum Gasteiger partial charge on any atom is 0.268 e. The Morgan fingerprint density at radius 2 is 2.07 bits per heavy atom. The number of halogens is 1. The number of carbonyl (C=O) groups excluding carboxylic acids is 1. The van der Waals surface area contributed by atoms with E-state index in [0.717, 1.165) is 22.2 Å². The third-order valence-corrected chi connectivity index (χ3v) is 5.03. The van der Waals surface area contributed by atoms with Crippen molar-refractivity contribution in [2.45, 2.75) is 13.1 Å². The molecule has 7 heteroatoms. The molecule has 0 radical (unpaired) electrons. The predicted octanol–water partition coefficient (Wildman–Crippen LogP) is 3.63. The van der Waals surface area contributed by atoms with Gasteiger partial charge < -0.3 is 24.1 Å². The second-order valence-corrected chi connectivity index (χ2v) is 6.61. The summed E-state index contributed by atoms with van der Waals surface area (Å²) in [4.78, 5) is 12.9. The molecule has 1 amide bonds. The van der Waals surface area contributed by atoms with Gasteiger partial charge in [0.05, 0.1) is 31.3 Å². The maximum atomic E-state index is 12.9. The molecule has 0 saturated carbocycles. The summed E-state index contributed by atoms with van der Waals surface area (Å²) in [6.45, 7) is 1.43. The van der Waals surface area contributed by atoms with E-state index in [2.05, 4.69) is 5.32 Å². The van der Waals surface area contributed by atoms with Crippen molar-refractivity contribution < 1.29 is 19.0 Å². The monoisotopic (exact) mass is 386 g/mol. The number of hydrogen-bond donors (Lipinski definition) is 1. The molecule has 6 nitrogen and oxygen atoms in total. The average Bonchev–Trinajstić information content (AvgIpc) is 3.10. The van der Waals surface area contributed by atoms with Gasteiger partial charge in [-0.25, -0.2) is 0 Å². The third kappa shape index (κ3) is 3.06. The van der Waals surface area contributed by atoms with Crippen LogP contribution in [0.3, 0.4) is 0 Å². The number of methoxy groups -OCH3 is 2. The van der Waals surface area contributed by atoms with Crippen molar-refractivity contribution in [2.75, 3.05) is 20.8 Å². The fraction of sp³-hybridized carbons (Fsp3) is 0.250. The molecule has 1 N–H and O–H groups in total. The normalized spacial score (nSPS) is 12.6. The number of benzene rings is 2. The second-order valence-electron chi connectivity index (χ2n) is 6.20. The largest absolute Gasteiger partial charge is 0.497 e. The van der Waals surface area contributed by atoms with Crippen LogP contribution < -0.4 is 19.5 Å². The van der Waals surface area contributed by atoms with Crippen molar-refractivity contribution in [1.29, 1.82) is 0 Å². The maximum absolute atomic E-state index is 12.9. The Bertz CT molecular complexity index is 1030. The smallest absolute Gasteiger partial charge is 0.268 e. The molecule has 1 aliphatic heterocycles. The molecule has 0 bridgehead atoms. The van der Waals surface area contributed by atoms with Gasteiger partial charge in [-0.2, -0.15) is 0 Å². The zero-order chi connectivity index (χ0) is 19.0. The number of nitrogens with one attached hydrogen (secondary N) is 1. The highest BCUT2D eigenvalue weighted by atomic mass is 35.5. The minimum absolute atomic E-state index is 0.181. The van der Waals surface area contributed by atoms with Crippen molar-refractivity contribution in [1.82, 2.24) is 9.88 Å². The van der Waals surface area contributed by atoms with Crippen LogP contribution >= 0.6 is 11.6 Å². The molecule has 3 aromatic rings. The molecule has 4 rings (SSSR count). The van der Waals surface area contributed by atoms with Crippen LogP contribution in [0.5, 0.6) is 17.2 Å². The first-order valence-corrected chi connectivity index (χ1v) is 8.94. The number of ether oxygens (including phenoxy) is 3. The Labute approximate surface area is 161 Å². The molecule has 27 heavy (non-hydrogen) atoms. The van der Waals surface area contributed by atoms with Crippen molar-refractivity contribution in [3.05, 3.63) is 52.7 Å². The minimum atomic E-state index is -0.181. The van der Waals surface area contributed by atoms with Crippen molar-refractivity contribution >= 4 is 28.4 Å². The molecule has 2 heterocycles. The number of hydrogen-bond acceptors (Lipinski definition) is 4. The number of amides is 1. The van der Waals surface area contributed by atoms with Crippen LogP contribution in [0.15, 0.2) is 36.4 Å². The number of nitrogens with zero attached hydrogens (tertiary/aromatic N) is 1. The van der Waals surface area contributed by atoms with E-state index in [4.69, 9.17) is 25.8 Å². The lowest BCUT2D eigenvalue weighted by atomic mass is 10.2. The Morgan fingerprint density at radius 1 is 1.22 bits per heavy atom. The zero-order valence-electron chi connectivity index (χ0n) is 15.0. The highest BCUT2D eigenvalue weighted by Crippen LogP contribution is 2.36. The standard InChI is InChI=1S/C20H19ClN2O4/c1-25-13-3-5-17(26-2)12(9-13)11-22-20(24)16-10-14-15(21)4-6-18-19(14)23(16)7-8-27-18/h3-6,9-10H,7-8,11H2,1-2H3,(H,22,24). The van der Waals surface area contributed by atoms with E-state index in [1.54, 1.807) is 20.3 Å². The fourth-order valence-corrected chi connectivity index (χ4v) is 3.59. The van der Waals surface area contributed by atoms with Gasteiger partial charge in [-0.05, 0) is 36.4 Å². The van der Waals surface area contributed by atoms with Crippen molar-refractivity contribution in [3.8, 4) is 17.2 Å². The van der Waals surface area contributed by atoms with Gasteiger partial charge in [-0.3, -0.25) is 4.79 Å². The van der Waals surface area contributed by atoms with Gasteiger partial charge in [0.2, 0.25) is 0 Å². The second kappa shape index (κ2) is 7.04. The van der Waals surface area contributed by atoms with Crippen LogP contribution in [-0.2, 0) is 13.1 Å². The minimum Gasteiger partial charge on any atom is -0.497 e. The van der Waals surface area contributed by atoms with Crippen LogP contribution in [0.1, 0.15) is 16.1 Å². The molecule has 2 aromatic carbocycles. The van der Waals surface area contributed by atoms with Crippen LogP contribution in [-0.4, -0.2) is 31.3 Å². The quantitative estimate of drug-likeness (QED) is 0.727.